The van der Waals surface area contributed by atoms with Crippen molar-refractivity contribution >= 4 is 34.0 Å². The number of benzene rings is 3. The summed E-state index contributed by atoms with van der Waals surface area (Å²) in [6.07, 6.45) is -5.03. The van der Waals surface area contributed by atoms with Crippen LogP contribution in [0, 0.1) is 0 Å². The number of amides is 1. The maximum atomic E-state index is 12.8. The van der Waals surface area contributed by atoms with E-state index in [2.05, 4.69) is 10.1 Å². The minimum Gasteiger partial charge on any atom is -0.486 e. The Morgan fingerprint density at radius 2 is 1.79 bits per heavy atom. The molecule has 0 fully saturated rings. The summed E-state index contributed by atoms with van der Waals surface area (Å²) in [6, 6.07) is 17.7. The lowest BCUT2D eigenvalue weighted by molar-refractivity contribution is -0.274. The first-order valence-electron chi connectivity index (χ1n) is 12.7. The summed E-state index contributed by atoms with van der Waals surface area (Å²) in [4.78, 5) is 29.8. The molecule has 0 radical (unpaired) electrons. The van der Waals surface area contributed by atoms with Crippen LogP contribution in [0.3, 0.4) is 0 Å². The van der Waals surface area contributed by atoms with Crippen molar-refractivity contribution in [2.45, 2.75) is 19.3 Å². The first-order valence-corrected chi connectivity index (χ1v) is 13.6. The second-order valence-electron chi connectivity index (χ2n) is 9.10. The number of ether oxygens (including phenoxy) is 3. The molecule has 2 N–H and O–H groups in total. The molecule has 3 aromatic carbocycles. The number of alkyl halides is 3. The van der Waals surface area contributed by atoms with Gasteiger partial charge in [-0.15, -0.1) is 24.5 Å². The van der Waals surface area contributed by atoms with Gasteiger partial charge < -0.3 is 29.5 Å². The van der Waals surface area contributed by atoms with Crippen LogP contribution in [0.4, 0.5) is 24.0 Å². The number of nitrogens with one attached hydrogen (secondary N) is 1. The molecular formula is C29H24F3N3O6S. The number of aromatic nitrogens is 1. The van der Waals surface area contributed by atoms with Gasteiger partial charge in [0.1, 0.15) is 19.0 Å². The molecule has 0 unspecified atom stereocenters. The molecule has 0 spiro atoms. The van der Waals surface area contributed by atoms with Crippen molar-refractivity contribution in [2.24, 2.45) is 0 Å². The van der Waals surface area contributed by atoms with Gasteiger partial charge in [-0.3, -0.25) is 9.59 Å². The summed E-state index contributed by atoms with van der Waals surface area (Å²) >= 11 is 1.34. The third-order valence-electron chi connectivity index (χ3n) is 6.10. The number of hydrogen-bond donors (Lipinski definition) is 2. The first-order chi connectivity index (χ1) is 20.1. The molecule has 13 heteroatoms. The van der Waals surface area contributed by atoms with Gasteiger partial charge in [0.05, 0.1) is 18.7 Å². The standard InChI is InChI=1S/C29H24F3N3O6S/c30-29(31,32)41-22-3-1-2-18(14-22)16-35(21-7-4-19(5-8-21)27(38)33-11-10-26(36)37)28-34-23(17-42-28)20-6-9-24-25(15-20)40-13-12-39-24/h1-9,14-15,17H,10-13,16H2,(H,33,38)(H,36,37). The van der Waals surface area contributed by atoms with Crippen LogP contribution >= 0.6 is 11.3 Å². The number of carboxylic acids is 1. The van der Waals surface area contributed by atoms with E-state index in [0.29, 0.717) is 52.4 Å². The van der Waals surface area contributed by atoms with Gasteiger partial charge in [-0.05, 0) is 60.2 Å². The summed E-state index contributed by atoms with van der Waals surface area (Å²) in [5, 5.41) is 13.8. The van der Waals surface area contributed by atoms with Gasteiger partial charge in [-0.2, -0.15) is 0 Å². The molecule has 1 aliphatic heterocycles. The number of thiazole rings is 1. The van der Waals surface area contributed by atoms with Crippen LogP contribution < -0.4 is 24.4 Å². The molecule has 1 aromatic heterocycles. The average molecular weight is 600 g/mol. The lowest BCUT2D eigenvalue weighted by atomic mass is 10.1. The van der Waals surface area contributed by atoms with Gasteiger partial charge in [0.15, 0.2) is 16.6 Å². The number of carboxylic acid groups (broad SMARTS) is 1. The van der Waals surface area contributed by atoms with E-state index in [4.69, 9.17) is 19.6 Å². The van der Waals surface area contributed by atoms with E-state index in [-0.39, 0.29) is 25.3 Å². The number of halogens is 3. The fourth-order valence-electron chi connectivity index (χ4n) is 4.19. The van der Waals surface area contributed by atoms with Gasteiger partial charge in [-0.25, -0.2) is 4.98 Å². The molecule has 0 saturated heterocycles. The number of rotatable bonds is 10. The van der Waals surface area contributed by atoms with E-state index in [9.17, 15) is 22.8 Å². The van der Waals surface area contributed by atoms with Crippen molar-refractivity contribution in [3.63, 3.8) is 0 Å². The molecule has 9 nitrogen and oxygen atoms in total. The maximum absolute atomic E-state index is 12.8. The normalized spacial score (nSPS) is 12.5. The number of hydrogen-bond acceptors (Lipinski definition) is 8. The zero-order valence-corrected chi connectivity index (χ0v) is 22.7. The average Bonchev–Trinajstić information content (AvgIpc) is 3.45. The van der Waals surface area contributed by atoms with Crippen LogP contribution in [0.15, 0.2) is 72.1 Å². The van der Waals surface area contributed by atoms with Gasteiger partial charge in [0.2, 0.25) is 0 Å². The van der Waals surface area contributed by atoms with Gasteiger partial charge in [-0.1, -0.05) is 12.1 Å². The van der Waals surface area contributed by atoms with E-state index < -0.39 is 18.2 Å². The molecule has 42 heavy (non-hydrogen) atoms. The van der Waals surface area contributed by atoms with E-state index in [1.165, 1.54) is 29.5 Å². The summed E-state index contributed by atoms with van der Waals surface area (Å²) in [5.41, 5.74) is 2.95. The van der Waals surface area contributed by atoms with Gasteiger partial charge in [0, 0.05) is 28.7 Å². The molecule has 1 aliphatic rings. The smallest absolute Gasteiger partial charge is 0.486 e. The predicted octanol–water partition coefficient (Wildman–Crippen LogP) is 6.02. The fourth-order valence-corrected chi connectivity index (χ4v) is 5.05. The van der Waals surface area contributed by atoms with Gasteiger partial charge in [0.25, 0.3) is 5.91 Å². The van der Waals surface area contributed by atoms with Crippen LogP contribution in [0.5, 0.6) is 17.2 Å². The Bertz CT molecular complexity index is 1580. The zero-order chi connectivity index (χ0) is 29.7. The Hall–Kier alpha value is -4.78. The van der Waals surface area contributed by atoms with E-state index in [0.717, 1.165) is 5.56 Å². The molecule has 2 heterocycles. The number of aliphatic carboxylic acids is 1. The number of anilines is 2. The summed E-state index contributed by atoms with van der Waals surface area (Å²) in [7, 11) is 0. The Balaban J connectivity index is 1.43. The Morgan fingerprint density at radius 3 is 2.52 bits per heavy atom. The van der Waals surface area contributed by atoms with Crippen LogP contribution in [0.25, 0.3) is 11.3 Å². The monoisotopic (exact) mass is 599 g/mol. The van der Waals surface area contributed by atoms with Crippen LogP contribution in [0.1, 0.15) is 22.3 Å². The summed E-state index contributed by atoms with van der Waals surface area (Å²) in [5.74, 6) is -0.532. The second kappa shape index (κ2) is 12.4. The Morgan fingerprint density at radius 1 is 1.02 bits per heavy atom. The highest BCUT2D eigenvalue weighted by molar-refractivity contribution is 7.14. The van der Waals surface area contributed by atoms with Crippen molar-refractivity contribution in [1.82, 2.24) is 10.3 Å². The summed E-state index contributed by atoms with van der Waals surface area (Å²) in [6.45, 7) is 1.05. The van der Waals surface area contributed by atoms with Crippen molar-refractivity contribution in [3.8, 4) is 28.5 Å². The van der Waals surface area contributed by atoms with Crippen molar-refractivity contribution in [1.29, 1.82) is 0 Å². The Kier molecular flexibility index (Phi) is 8.48. The number of fused-ring (bicyclic) bond motifs is 1. The zero-order valence-electron chi connectivity index (χ0n) is 21.9. The predicted molar refractivity (Wildman–Crippen MR) is 149 cm³/mol. The molecular weight excluding hydrogens is 575 g/mol. The minimum atomic E-state index is -4.83. The SMILES string of the molecule is O=C(O)CCNC(=O)c1ccc(N(Cc2cccc(OC(F)(F)F)c2)c2nc(-c3ccc4c(c3)OCCO4)cs2)cc1. The van der Waals surface area contributed by atoms with Crippen molar-refractivity contribution in [2.75, 3.05) is 24.7 Å². The van der Waals surface area contributed by atoms with Crippen LogP contribution in [0.2, 0.25) is 0 Å². The number of nitrogens with zero attached hydrogens (tertiary/aromatic N) is 2. The topological polar surface area (TPSA) is 110 Å². The fraction of sp³-hybridized carbons (Fsp3) is 0.207. The lowest BCUT2D eigenvalue weighted by Gasteiger charge is -2.23. The van der Waals surface area contributed by atoms with E-state index in [1.807, 2.05) is 28.5 Å². The van der Waals surface area contributed by atoms with E-state index >= 15 is 0 Å². The quantitative estimate of drug-likeness (QED) is 0.228. The highest BCUT2D eigenvalue weighted by Gasteiger charge is 2.31. The molecule has 1 amide bonds. The van der Waals surface area contributed by atoms with Crippen molar-refractivity contribution in [3.05, 3.63) is 83.2 Å². The summed E-state index contributed by atoms with van der Waals surface area (Å²) < 4.78 is 53.9. The van der Waals surface area contributed by atoms with E-state index in [1.54, 1.807) is 30.3 Å². The van der Waals surface area contributed by atoms with Crippen LogP contribution in [-0.2, 0) is 11.3 Å². The second-order valence-corrected chi connectivity index (χ2v) is 9.94. The molecule has 0 atom stereocenters. The van der Waals surface area contributed by atoms with Crippen molar-refractivity contribution < 1.29 is 42.1 Å². The Labute approximate surface area is 242 Å². The maximum Gasteiger partial charge on any atom is 0.573 e. The third-order valence-corrected chi connectivity index (χ3v) is 6.96. The highest BCUT2D eigenvalue weighted by atomic mass is 32.1. The number of carbonyl (C=O) groups is 2. The third kappa shape index (κ3) is 7.29. The highest BCUT2D eigenvalue weighted by Crippen LogP contribution is 2.38. The molecule has 5 rings (SSSR count). The largest absolute Gasteiger partial charge is 0.573 e. The minimum absolute atomic E-state index is 0.0138. The lowest BCUT2D eigenvalue weighted by Crippen LogP contribution is -2.26. The van der Waals surface area contributed by atoms with Crippen LogP contribution in [-0.4, -0.2) is 48.1 Å². The number of carbonyl (C=O) groups excluding carboxylic acids is 1. The first kappa shape index (κ1) is 28.7. The molecule has 0 bridgehead atoms. The molecule has 0 aliphatic carbocycles. The molecule has 0 saturated carbocycles. The molecule has 218 valence electrons. The van der Waals surface area contributed by atoms with Gasteiger partial charge >= 0.3 is 12.3 Å². The molecule has 4 aromatic rings.